The van der Waals surface area contributed by atoms with Crippen LogP contribution in [0.5, 0.6) is 0 Å². The second-order valence-electron chi connectivity index (χ2n) is 6.21. The summed E-state index contributed by atoms with van der Waals surface area (Å²) in [6.07, 6.45) is -0.248. The normalized spacial score (nSPS) is 17.8. The van der Waals surface area contributed by atoms with E-state index in [1.807, 2.05) is 42.5 Å². The van der Waals surface area contributed by atoms with Gasteiger partial charge in [0.2, 0.25) is 0 Å². The smallest absolute Gasteiger partial charge is 0.339 e. The van der Waals surface area contributed by atoms with Crippen LogP contribution in [0, 0.1) is 0 Å². The van der Waals surface area contributed by atoms with Crippen molar-refractivity contribution in [2.45, 2.75) is 25.7 Å². The summed E-state index contributed by atoms with van der Waals surface area (Å²) in [5.74, 6) is -0.200. The number of fused-ring (bicyclic) bond motifs is 1. The molecule has 0 radical (unpaired) electrons. The molecule has 1 atom stereocenters. The van der Waals surface area contributed by atoms with Crippen LogP contribution in [0.1, 0.15) is 27.6 Å². The number of rotatable bonds is 2. The topological polar surface area (TPSA) is 26.3 Å². The minimum atomic E-state index is -1.53. The zero-order chi connectivity index (χ0) is 14.3. The molecule has 0 fully saturated rings. The Kier molecular flexibility index (Phi) is 3.02. The lowest BCUT2D eigenvalue weighted by molar-refractivity contribution is 0.0456. The van der Waals surface area contributed by atoms with Crippen molar-refractivity contribution in [2.75, 3.05) is 0 Å². The van der Waals surface area contributed by atoms with Crippen molar-refractivity contribution in [2.24, 2.45) is 0 Å². The number of hydrogen-bond donors (Lipinski definition) is 0. The van der Waals surface area contributed by atoms with Crippen LogP contribution in [0.3, 0.4) is 0 Å². The Labute approximate surface area is 120 Å². The van der Waals surface area contributed by atoms with Gasteiger partial charge in [-0.25, -0.2) is 4.79 Å². The lowest BCUT2D eigenvalue weighted by Crippen LogP contribution is -2.40. The third-order valence-electron chi connectivity index (χ3n) is 3.72. The molecular formula is C17H18O2Si. The molecule has 0 saturated carbocycles. The van der Waals surface area contributed by atoms with Gasteiger partial charge in [-0.05, 0) is 11.6 Å². The summed E-state index contributed by atoms with van der Waals surface area (Å²) in [6.45, 7) is 6.90. The molecule has 2 aromatic carbocycles. The number of cyclic esters (lactones) is 1. The van der Waals surface area contributed by atoms with E-state index in [-0.39, 0.29) is 12.1 Å². The second-order valence-corrected chi connectivity index (χ2v) is 11.3. The maximum atomic E-state index is 12.1. The van der Waals surface area contributed by atoms with E-state index < -0.39 is 8.07 Å². The van der Waals surface area contributed by atoms with Crippen LogP contribution in [-0.4, -0.2) is 14.0 Å². The predicted octanol–water partition coefficient (Wildman–Crippen LogP) is 3.49. The minimum Gasteiger partial charge on any atom is -0.449 e. The lowest BCUT2D eigenvalue weighted by Gasteiger charge is -2.22. The molecule has 3 heteroatoms. The van der Waals surface area contributed by atoms with E-state index in [0.717, 1.165) is 16.7 Å². The molecule has 1 unspecified atom stereocenters. The lowest BCUT2D eigenvalue weighted by atomic mass is 9.99. The van der Waals surface area contributed by atoms with Crippen molar-refractivity contribution in [3.63, 3.8) is 0 Å². The zero-order valence-electron chi connectivity index (χ0n) is 12.0. The summed E-state index contributed by atoms with van der Waals surface area (Å²) in [5, 5.41) is 1.31. The van der Waals surface area contributed by atoms with Crippen molar-refractivity contribution in [1.82, 2.24) is 0 Å². The molecule has 1 aliphatic heterocycles. The fraction of sp³-hybridized carbons (Fsp3) is 0.235. The van der Waals surface area contributed by atoms with Gasteiger partial charge in [0.25, 0.3) is 0 Å². The highest BCUT2D eigenvalue weighted by molar-refractivity contribution is 6.89. The van der Waals surface area contributed by atoms with Gasteiger partial charge in [-0.3, -0.25) is 0 Å². The Morgan fingerprint density at radius 2 is 1.65 bits per heavy atom. The van der Waals surface area contributed by atoms with Crippen molar-refractivity contribution in [3.05, 3.63) is 65.2 Å². The monoisotopic (exact) mass is 282 g/mol. The van der Waals surface area contributed by atoms with Crippen LogP contribution >= 0.6 is 0 Å². The maximum Gasteiger partial charge on any atom is 0.339 e. The summed E-state index contributed by atoms with van der Waals surface area (Å²) >= 11 is 0. The summed E-state index contributed by atoms with van der Waals surface area (Å²) in [7, 11) is -1.53. The predicted molar refractivity (Wildman–Crippen MR) is 83.1 cm³/mol. The molecule has 102 valence electrons. The number of carbonyl (C=O) groups is 1. The van der Waals surface area contributed by atoms with E-state index in [2.05, 4.69) is 25.7 Å². The maximum absolute atomic E-state index is 12.1. The highest BCUT2D eigenvalue weighted by Gasteiger charge is 2.37. The van der Waals surface area contributed by atoms with E-state index in [9.17, 15) is 4.79 Å². The van der Waals surface area contributed by atoms with Gasteiger partial charge in [0.15, 0.2) is 6.10 Å². The van der Waals surface area contributed by atoms with Crippen LogP contribution < -0.4 is 5.19 Å². The van der Waals surface area contributed by atoms with Crippen molar-refractivity contribution in [3.8, 4) is 0 Å². The zero-order valence-corrected chi connectivity index (χ0v) is 13.0. The van der Waals surface area contributed by atoms with Crippen LogP contribution in [0.15, 0.2) is 48.5 Å². The Morgan fingerprint density at radius 1 is 0.950 bits per heavy atom. The minimum absolute atomic E-state index is 0.200. The average Bonchev–Trinajstić information content (AvgIpc) is 2.76. The third kappa shape index (κ3) is 2.08. The van der Waals surface area contributed by atoms with Crippen LogP contribution in [0.25, 0.3) is 0 Å². The van der Waals surface area contributed by atoms with Gasteiger partial charge in [-0.2, -0.15) is 0 Å². The molecule has 0 aliphatic carbocycles. The fourth-order valence-corrected chi connectivity index (χ4v) is 4.44. The Bertz CT molecular complexity index is 656. The first-order valence-corrected chi connectivity index (χ1v) is 10.4. The van der Waals surface area contributed by atoms with Gasteiger partial charge in [0.1, 0.15) is 0 Å². The van der Waals surface area contributed by atoms with E-state index in [1.165, 1.54) is 5.19 Å². The molecule has 0 saturated heterocycles. The molecule has 0 amide bonds. The van der Waals surface area contributed by atoms with Gasteiger partial charge >= 0.3 is 5.97 Å². The standard InChI is InChI=1S/C17H18O2Si/c1-20(2,3)14-11-7-10-13-15(14)16(19-17(13)18)12-8-5-4-6-9-12/h4-11,16H,1-3H3. The van der Waals surface area contributed by atoms with E-state index in [4.69, 9.17) is 4.74 Å². The summed E-state index contributed by atoms with van der Waals surface area (Å²) in [6, 6.07) is 16.0. The average molecular weight is 282 g/mol. The molecule has 20 heavy (non-hydrogen) atoms. The SMILES string of the molecule is C[Si](C)(C)c1cccc2c1C(c1ccccc1)OC2=O. The summed E-state index contributed by atoms with van der Waals surface area (Å²) in [4.78, 5) is 12.1. The summed E-state index contributed by atoms with van der Waals surface area (Å²) < 4.78 is 5.64. The molecule has 0 spiro atoms. The van der Waals surface area contributed by atoms with Gasteiger partial charge in [-0.15, -0.1) is 0 Å². The number of carbonyl (C=O) groups excluding carboxylic acids is 1. The van der Waals surface area contributed by atoms with Gasteiger partial charge < -0.3 is 4.74 Å². The highest BCUT2D eigenvalue weighted by atomic mass is 28.3. The van der Waals surface area contributed by atoms with Crippen LogP contribution in [0.2, 0.25) is 19.6 Å². The first kappa shape index (κ1) is 13.1. The molecule has 2 aromatic rings. The van der Waals surface area contributed by atoms with Gasteiger partial charge in [0, 0.05) is 5.56 Å². The number of hydrogen-bond acceptors (Lipinski definition) is 2. The van der Waals surface area contributed by atoms with E-state index >= 15 is 0 Å². The third-order valence-corrected chi connectivity index (χ3v) is 5.78. The van der Waals surface area contributed by atoms with Gasteiger partial charge in [-0.1, -0.05) is 67.3 Å². The van der Waals surface area contributed by atoms with Crippen molar-refractivity contribution in [1.29, 1.82) is 0 Å². The molecule has 0 N–H and O–H groups in total. The number of esters is 1. The fourth-order valence-electron chi connectivity index (χ4n) is 2.77. The first-order chi connectivity index (χ1) is 9.48. The van der Waals surface area contributed by atoms with Crippen LogP contribution in [0.4, 0.5) is 0 Å². The highest BCUT2D eigenvalue weighted by Crippen LogP contribution is 2.35. The second kappa shape index (κ2) is 4.60. The molecule has 1 aliphatic rings. The Balaban J connectivity index is 2.21. The van der Waals surface area contributed by atoms with Crippen molar-refractivity contribution < 1.29 is 9.53 Å². The first-order valence-electron chi connectivity index (χ1n) is 6.88. The van der Waals surface area contributed by atoms with Crippen molar-refractivity contribution >= 4 is 19.2 Å². The number of ether oxygens (including phenoxy) is 1. The molecule has 1 heterocycles. The largest absolute Gasteiger partial charge is 0.449 e. The Hall–Kier alpha value is -1.87. The number of benzene rings is 2. The summed E-state index contributed by atoms with van der Waals surface area (Å²) in [5.41, 5.74) is 2.87. The van der Waals surface area contributed by atoms with E-state index in [1.54, 1.807) is 0 Å². The molecule has 0 bridgehead atoms. The molecular weight excluding hydrogens is 264 g/mol. The molecule has 0 aromatic heterocycles. The van der Waals surface area contributed by atoms with E-state index in [0.29, 0.717) is 0 Å². The molecule has 3 rings (SSSR count). The van der Waals surface area contributed by atoms with Gasteiger partial charge in [0.05, 0.1) is 13.6 Å². The Morgan fingerprint density at radius 3 is 2.30 bits per heavy atom. The molecule has 2 nitrogen and oxygen atoms in total. The quantitative estimate of drug-likeness (QED) is 0.622. The van der Waals surface area contributed by atoms with Crippen LogP contribution in [-0.2, 0) is 4.74 Å².